The molecule has 13 nitrogen and oxygen atoms in total. The first kappa shape index (κ1) is 42.2. The Morgan fingerprint density at radius 3 is 2.53 bits per heavy atom. The lowest BCUT2D eigenvalue weighted by Gasteiger charge is -2.57. The van der Waals surface area contributed by atoms with Gasteiger partial charge < -0.3 is 23.8 Å². The number of aryl methyl sites for hydroxylation is 1. The Kier molecular flexibility index (Phi) is 13.0. The molecule has 0 spiro atoms. The van der Waals surface area contributed by atoms with Crippen molar-refractivity contribution >= 4 is 23.6 Å². The van der Waals surface area contributed by atoms with Gasteiger partial charge in [0, 0.05) is 30.3 Å². The molecule has 3 fully saturated rings. The SMILES string of the molecule is COc1nccc(CN(C(=O)C2(C)C(c3ccc(CCCOc4c(F)ccc(F)c4Cl)cc3)CC3COCC2N3C(=O)Oc2cccc(CON(O)O)c2)C2CC2)c1C. The van der Waals surface area contributed by atoms with Crippen LogP contribution in [0.5, 0.6) is 17.4 Å². The van der Waals surface area contributed by atoms with Crippen LogP contribution in [0.2, 0.25) is 5.02 Å². The van der Waals surface area contributed by atoms with E-state index in [4.69, 9.17) is 45.8 Å². The predicted molar refractivity (Wildman–Crippen MR) is 209 cm³/mol. The second-order valence-electron chi connectivity index (χ2n) is 15.4. The molecule has 7 rings (SSSR count). The van der Waals surface area contributed by atoms with Crippen LogP contribution in [0.25, 0.3) is 0 Å². The van der Waals surface area contributed by atoms with Crippen LogP contribution in [0.4, 0.5) is 13.6 Å². The minimum Gasteiger partial charge on any atom is -0.489 e. The molecule has 59 heavy (non-hydrogen) atoms. The van der Waals surface area contributed by atoms with Crippen LogP contribution >= 0.6 is 11.6 Å². The summed E-state index contributed by atoms with van der Waals surface area (Å²) >= 11 is 5.92. The molecule has 1 saturated carbocycles. The van der Waals surface area contributed by atoms with Crippen molar-refractivity contribution < 1.29 is 52.6 Å². The van der Waals surface area contributed by atoms with E-state index in [1.165, 1.54) is 0 Å². The van der Waals surface area contributed by atoms with Crippen molar-refractivity contribution in [1.29, 1.82) is 0 Å². The highest BCUT2D eigenvalue weighted by atomic mass is 35.5. The van der Waals surface area contributed by atoms with E-state index in [0.717, 1.165) is 47.2 Å². The van der Waals surface area contributed by atoms with E-state index in [0.29, 0.717) is 37.3 Å². The average molecular weight is 837 g/mol. The maximum absolute atomic E-state index is 15.5. The van der Waals surface area contributed by atoms with Gasteiger partial charge >= 0.3 is 6.09 Å². The molecule has 1 aromatic heterocycles. The summed E-state index contributed by atoms with van der Waals surface area (Å²) in [5.74, 6) is -1.51. The molecule has 3 aromatic carbocycles. The summed E-state index contributed by atoms with van der Waals surface area (Å²) in [6.07, 6.45) is 4.26. The zero-order chi connectivity index (χ0) is 41.8. The van der Waals surface area contributed by atoms with E-state index in [-0.39, 0.29) is 61.2 Å². The molecule has 4 aromatic rings. The van der Waals surface area contributed by atoms with Gasteiger partial charge in [-0.2, -0.15) is 0 Å². The maximum Gasteiger partial charge on any atom is 0.415 e. The first-order valence-electron chi connectivity index (χ1n) is 19.5. The number of ether oxygens (including phenoxy) is 4. The van der Waals surface area contributed by atoms with Crippen LogP contribution in [0.3, 0.4) is 0 Å². The number of rotatable bonds is 15. The van der Waals surface area contributed by atoms with Crippen molar-refractivity contribution in [3.63, 3.8) is 0 Å². The number of piperidine rings is 1. The van der Waals surface area contributed by atoms with Crippen molar-refractivity contribution in [2.45, 2.75) is 83.1 Å². The summed E-state index contributed by atoms with van der Waals surface area (Å²) in [6.45, 7) is 4.47. The third kappa shape index (κ3) is 9.15. The predicted octanol–water partition coefficient (Wildman–Crippen LogP) is 7.81. The molecule has 0 radical (unpaired) electrons. The number of carbonyl (C=O) groups is 2. The number of halogens is 3. The summed E-state index contributed by atoms with van der Waals surface area (Å²) in [5, 5.41) is 17.2. The Balaban J connectivity index is 1.16. The summed E-state index contributed by atoms with van der Waals surface area (Å²) in [5.41, 5.74) is 3.02. The number of hydrogen-bond acceptors (Lipinski definition) is 11. The van der Waals surface area contributed by atoms with E-state index in [9.17, 15) is 13.6 Å². The minimum absolute atomic E-state index is 0.0141. The van der Waals surface area contributed by atoms with Crippen LogP contribution < -0.4 is 14.2 Å². The average Bonchev–Trinajstić information content (AvgIpc) is 4.08. The number of benzene rings is 3. The van der Waals surface area contributed by atoms with Crippen molar-refractivity contribution in [2.24, 2.45) is 5.41 Å². The number of nitrogens with zero attached hydrogens (tertiary/aromatic N) is 4. The van der Waals surface area contributed by atoms with Crippen molar-refractivity contribution in [3.8, 4) is 17.4 Å². The van der Waals surface area contributed by atoms with Gasteiger partial charge in [0.1, 0.15) is 16.6 Å². The van der Waals surface area contributed by atoms with Crippen molar-refractivity contribution in [1.82, 2.24) is 20.2 Å². The summed E-state index contributed by atoms with van der Waals surface area (Å²) in [7, 11) is 1.56. The molecule has 16 heteroatoms. The van der Waals surface area contributed by atoms with Gasteiger partial charge in [0.25, 0.3) is 0 Å². The third-order valence-corrected chi connectivity index (χ3v) is 12.0. The molecule has 314 valence electrons. The topological polar surface area (TPSA) is 143 Å². The van der Waals surface area contributed by atoms with E-state index in [1.807, 2.05) is 49.1 Å². The molecule has 4 atom stereocenters. The fourth-order valence-electron chi connectivity index (χ4n) is 8.34. The lowest BCUT2D eigenvalue weighted by atomic mass is 9.61. The van der Waals surface area contributed by atoms with Gasteiger partial charge in [-0.25, -0.2) is 23.4 Å². The quantitative estimate of drug-likeness (QED) is 0.0688. The minimum atomic E-state index is -1.17. The molecular formula is C43H47ClF2N4O9. The largest absolute Gasteiger partial charge is 0.489 e. The number of morpholine rings is 1. The Morgan fingerprint density at radius 2 is 1.80 bits per heavy atom. The fraction of sp³-hybridized carbons (Fsp3) is 0.419. The van der Waals surface area contributed by atoms with Gasteiger partial charge in [-0.05, 0) is 98.5 Å². The van der Waals surface area contributed by atoms with E-state index >= 15 is 4.79 Å². The maximum atomic E-state index is 15.5. The van der Waals surface area contributed by atoms with Crippen molar-refractivity contribution in [2.75, 3.05) is 26.9 Å². The van der Waals surface area contributed by atoms with Crippen LogP contribution in [0.15, 0.2) is 72.9 Å². The monoisotopic (exact) mass is 836 g/mol. The van der Waals surface area contributed by atoms with Crippen LogP contribution in [0.1, 0.15) is 66.3 Å². The first-order chi connectivity index (χ1) is 28.4. The highest BCUT2D eigenvalue weighted by Gasteiger charge is 2.61. The van der Waals surface area contributed by atoms with E-state index in [2.05, 4.69) is 4.98 Å². The Morgan fingerprint density at radius 1 is 1.03 bits per heavy atom. The number of hydrogen-bond donors (Lipinski definition) is 2. The van der Waals surface area contributed by atoms with Gasteiger partial charge in [0.15, 0.2) is 11.6 Å². The highest BCUT2D eigenvalue weighted by Crippen LogP contribution is 2.53. The molecule has 2 N–H and O–H groups in total. The van der Waals surface area contributed by atoms with E-state index in [1.54, 1.807) is 42.5 Å². The Bertz CT molecular complexity index is 2140. The molecular weight excluding hydrogens is 790 g/mol. The number of methoxy groups -OCH3 is 1. The van der Waals surface area contributed by atoms with Crippen LogP contribution in [0, 0.1) is 24.0 Å². The molecule has 4 unspecified atom stereocenters. The fourth-order valence-corrected chi connectivity index (χ4v) is 8.55. The van der Waals surface area contributed by atoms with Crippen molar-refractivity contribution in [3.05, 3.63) is 117 Å². The zero-order valence-corrected chi connectivity index (χ0v) is 33.7. The molecule has 2 bridgehead atoms. The summed E-state index contributed by atoms with van der Waals surface area (Å²) in [4.78, 5) is 42.4. The highest BCUT2D eigenvalue weighted by molar-refractivity contribution is 6.32. The lowest BCUT2D eigenvalue weighted by Crippen LogP contribution is -2.70. The molecule has 3 aliphatic rings. The van der Waals surface area contributed by atoms with Crippen LogP contribution in [-0.2, 0) is 33.9 Å². The first-order valence-corrected chi connectivity index (χ1v) is 19.9. The zero-order valence-electron chi connectivity index (χ0n) is 33.0. The number of carbonyl (C=O) groups excluding carboxylic acids is 2. The molecule has 2 amide bonds. The second-order valence-corrected chi connectivity index (χ2v) is 15.7. The van der Waals surface area contributed by atoms with Crippen LogP contribution in [-0.4, -0.2) is 87.6 Å². The Hall–Kier alpha value is -4.90. The lowest BCUT2D eigenvalue weighted by molar-refractivity contribution is -0.497. The second kappa shape index (κ2) is 18.2. The van der Waals surface area contributed by atoms with Gasteiger partial charge in [0.2, 0.25) is 11.8 Å². The number of aromatic nitrogens is 1. The van der Waals surface area contributed by atoms with Gasteiger partial charge in [-0.1, -0.05) is 48.0 Å². The standard InChI is InChI=1S/C43H47ClF2N4O9/c1-26-30(17-18-47-40(26)55-3)22-48(31-13-14-31)41(51)43(2)34(29-11-9-27(10-12-29)7-5-19-57-39-36(46)16-15-35(45)38(39)44)21-32-24-56-25-37(43)49(32)42(52)59-33-8-4-6-28(20-33)23-58-50(53)54/h4,6,8-12,15-18,20,31-32,34,37,53-54H,5,7,13-14,19,21-25H2,1-3H3. The Labute approximate surface area is 345 Å². The van der Waals surface area contributed by atoms with Gasteiger partial charge in [0.05, 0.1) is 56.4 Å². The molecule has 3 heterocycles. The summed E-state index contributed by atoms with van der Waals surface area (Å²) in [6, 6.07) is 17.3. The molecule has 1 aliphatic carbocycles. The number of amides is 2. The van der Waals surface area contributed by atoms with E-state index < -0.39 is 40.2 Å². The smallest absolute Gasteiger partial charge is 0.415 e. The number of fused-ring (bicyclic) bond motifs is 2. The van der Waals surface area contributed by atoms with Gasteiger partial charge in [-0.15, -0.1) is 0 Å². The summed E-state index contributed by atoms with van der Waals surface area (Å²) < 4.78 is 51.2. The molecule has 2 saturated heterocycles. The van der Waals surface area contributed by atoms with Gasteiger partial charge in [-0.3, -0.25) is 20.1 Å². The third-order valence-electron chi connectivity index (χ3n) is 11.7. The molecule has 2 aliphatic heterocycles. The normalized spacial score (nSPS) is 21.3. The number of pyridine rings is 1.